The van der Waals surface area contributed by atoms with Gasteiger partial charge in [-0.3, -0.25) is 4.57 Å². The van der Waals surface area contributed by atoms with Crippen LogP contribution in [0.5, 0.6) is 0 Å². The van der Waals surface area contributed by atoms with Crippen LogP contribution >= 0.6 is 11.8 Å². The third-order valence-electron chi connectivity index (χ3n) is 2.60. The highest BCUT2D eigenvalue weighted by Gasteiger charge is 2.27. The fourth-order valence-electron chi connectivity index (χ4n) is 1.60. The average molecular weight is 327 g/mol. The predicted molar refractivity (Wildman–Crippen MR) is 78.4 cm³/mol. The van der Waals surface area contributed by atoms with Crippen molar-refractivity contribution >= 4 is 17.6 Å². The van der Waals surface area contributed by atoms with Gasteiger partial charge in [0.1, 0.15) is 18.0 Å². The minimum Gasteiger partial charge on any atom is -0.393 e. The molecule has 10 heteroatoms. The van der Waals surface area contributed by atoms with Crippen molar-refractivity contribution in [3.63, 3.8) is 0 Å². The van der Waals surface area contributed by atoms with E-state index in [-0.39, 0.29) is 6.61 Å². The van der Waals surface area contributed by atoms with Crippen molar-refractivity contribution in [3.05, 3.63) is 47.3 Å². The molecule has 0 spiro atoms. The van der Waals surface area contributed by atoms with Gasteiger partial charge in [0.2, 0.25) is 0 Å². The highest BCUT2D eigenvalue weighted by molar-refractivity contribution is 8.00. The van der Waals surface area contributed by atoms with Crippen molar-refractivity contribution in [2.24, 2.45) is 0 Å². The number of aliphatic hydroxyl groups excluding tert-OH is 1. The van der Waals surface area contributed by atoms with E-state index >= 15 is 0 Å². The van der Waals surface area contributed by atoms with E-state index in [4.69, 9.17) is 15.6 Å². The summed E-state index contributed by atoms with van der Waals surface area (Å²) in [6.07, 6.45) is 5.23. The van der Waals surface area contributed by atoms with Crippen LogP contribution in [0.1, 0.15) is 6.23 Å². The molecule has 0 aliphatic carbocycles. The normalized spacial score (nSPS) is 20.3. The van der Waals surface area contributed by atoms with E-state index in [0.29, 0.717) is 5.75 Å². The van der Waals surface area contributed by atoms with Crippen LogP contribution in [-0.4, -0.2) is 42.4 Å². The molecule has 2 aromatic rings. The number of nitrogen functional groups attached to an aromatic ring is 1. The molecule has 0 saturated carbocycles. The first kappa shape index (κ1) is 16.3. The second kappa shape index (κ2) is 7.82. The molecule has 0 amide bonds. The van der Waals surface area contributed by atoms with Gasteiger partial charge in [-0.15, -0.1) is 11.8 Å². The molecule has 1 saturated heterocycles. The van der Waals surface area contributed by atoms with Crippen LogP contribution in [0, 0.1) is 5.82 Å². The molecule has 1 fully saturated rings. The molecule has 3 heterocycles. The Morgan fingerprint density at radius 3 is 2.73 bits per heavy atom. The van der Waals surface area contributed by atoms with E-state index in [1.807, 2.05) is 0 Å². The Morgan fingerprint density at radius 1 is 1.50 bits per heavy atom. The number of ether oxygens (including phenoxy) is 1. The van der Waals surface area contributed by atoms with Crippen molar-refractivity contribution in [3.8, 4) is 0 Å². The Hall–Kier alpha value is -2.04. The van der Waals surface area contributed by atoms with Crippen molar-refractivity contribution in [1.82, 2.24) is 19.5 Å². The largest absolute Gasteiger partial charge is 0.393 e. The SMILES string of the molecule is Nc1nc(=O)n([C@@H]2CS[C@H](CO)O2)cc1F.c1cncnc1. The maximum Gasteiger partial charge on any atom is 0.351 e. The molecule has 3 rings (SSSR count). The topological polar surface area (TPSA) is 116 Å². The van der Waals surface area contributed by atoms with Gasteiger partial charge in [-0.2, -0.15) is 4.98 Å². The standard InChI is InChI=1S/C8H10FN3O3S.C4H4N2/c9-4-1-12(8(14)11-7(4)10)5-3-16-6(2-13)15-5;1-2-5-4-6-3-1/h1,5-6,13H,2-3H2,(H2,10,11,14);1-4H/t5-,6+;/m0./s1. The monoisotopic (exact) mass is 327 g/mol. The third kappa shape index (κ3) is 4.23. The lowest BCUT2D eigenvalue weighted by Gasteiger charge is -2.13. The van der Waals surface area contributed by atoms with Crippen LogP contribution in [-0.2, 0) is 4.74 Å². The van der Waals surface area contributed by atoms with E-state index in [1.165, 1.54) is 18.1 Å². The molecule has 2 atom stereocenters. The first-order chi connectivity index (χ1) is 10.6. The molecule has 0 aromatic carbocycles. The molecule has 1 aliphatic rings. The number of hydrogen-bond donors (Lipinski definition) is 2. The molecular weight excluding hydrogens is 313 g/mol. The van der Waals surface area contributed by atoms with Gasteiger partial charge in [-0.05, 0) is 6.07 Å². The average Bonchev–Trinajstić information content (AvgIpc) is 3.02. The van der Waals surface area contributed by atoms with Crippen LogP contribution < -0.4 is 11.4 Å². The minimum absolute atomic E-state index is 0.152. The number of anilines is 1. The summed E-state index contributed by atoms with van der Waals surface area (Å²) in [5, 5.41) is 8.86. The fourth-order valence-corrected chi connectivity index (χ4v) is 2.53. The van der Waals surface area contributed by atoms with Crippen LogP contribution in [0.4, 0.5) is 10.2 Å². The van der Waals surface area contributed by atoms with Crippen LogP contribution in [0.25, 0.3) is 0 Å². The molecule has 3 N–H and O–H groups in total. The summed E-state index contributed by atoms with van der Waals surface area (Å²) in [7, 11) is 0. The Morgan fingerprint density at radius 2 is 2.23 bits per heavy atom. The molecule has 2 aromatic heterocycles. The lowest BCUT2D eigenvalue weighted by atomic mass is 10.5. The Kier molecular flexibility index (Phi) is 5.81. The van der Waals surface area contributed by atoms with Gasteiger partial charge in [-0.25, -0.2) is 19.2 Å². The maximum absolute atomic E-state index is 13.1. The lowest BCUT2D eigenvalue weighted by Crippen LogP contribution is -2.29. The first-order valence-electron chi connectivity index (χ1n) is 6.24. The zero-order chi connectivity index (χ0) is 15.9. The second-order valence-corrected chi connectivity index (χ2v) is 5.30. The molecule has 118 valence electrons. The van der Waals surface area contributed by atoms with Crippen LogP contribution in [0.2, 0.25) is 0 Å². The van der Waals surface area contributed by atoms with Crippen molar-refractivity contribution in [1.29, 1.82) is 0 Å². The zero-order valence-electron chi connectivity index (χ0n) is 11.4. The number of nitrogens with two attached hydrogens (primary N) is 1. The molecule has 0 radical (unpaired) electrons. The summed E-state index contributed by atoms with van der Waals surface area (Å²) in [5.41, 5.74) is 4.10. The van der Waals surface area contributed by atoms with Gasteiger partial charge in [0, 0.05) is 18.1 Å². The zero-order valence-corrected chi connectivity index (χ0v) is 12.2. The second-order valence-electron chi connectivity index (χ2n) is 4.10. The Bertz CT molecular complexity index is 630. The van der Waals surface area contributed by atoms with Crippen molar-refractivity contribution in [2.75, 3.05) is 18.1 Å². The van der Waals surface area contributed by atoms with Crippen LogP contribution in [0.3, 0.4) is 0 Å². The van der Waals surface area contributed by atoms with Gasteiger partial charge < -0.3 is 15.6 Å². The van der Waals surface area contributed by atoms with Crippen molar-refractivity contribution in [2.45, 2.75) is 11.7 Å². The van der Waals surface area contributed by atoms with Gasteiger partial charge in [0.05, 0.1) is 12.8 Å². The lowest BCUT2D eigenvalue weighted by molar-refractivity contribution is -0.00677. The molecule has 0 unspecified atom stereocenters. The van der Waals surface area contributed by atoms with Crippen LogP contribution in [0.15, 0.2) is 35.8 Å². The number of hydrogen-bond acceptors (Lipinski definition) is 8. The van der Waals surface area contributed by atoms with E-state index < -0.39 is 29.0 Å². The Labute approximate surface area is 129 Å². The van der Waals surface area contributed by atoms with Gasteiger partial charge in [-0.1, -0.05) is 0 Å². The Balaban J connectivity index is 0.000000246. The summed E-state index contributed by atoms with van der Waals surface area (Å²) >= 11 is 1.35. The maximum atomic E-state index is 13.1. The summed E-state index contributed by atoms with van der Waals surface area (Å²) in [4.78, 5) is 22.1. The molecule has 22 heavy (non-hydrogen) atoms. The predicted octanol–water partition coefficient (Wildman–Crippen LogP) is 0.0216. The van der Waals surface area contributed by atoms with E-state index in [0.717, 1.165) is 10.8 Å². The van der Waals surface area contributed by atoms with E-state index in [1.54, 1.807) is 18.5 Å². The number of aliphatic hydroxyl groups is 1. The number of aromatic nitrogens is 4. The number of nitrogens with zero attached hydrogens (tertiary/aromatic N) is 4. The molecule has 8 nitrogen and oxygen atoms in total. The highest BCUT2D eigenvalue weighted by Crippen LogP contribution is 2.30. The summed E-state index contributed by atoms with van der Waals surface area (Å²) in [6.45, 7) is -0.152. The third-order valence-corrected chi connectivity index (χ3v) is 3.71. The van der Waals surface area contributed by atoms with Gasteiger partial charge in [0.15, 0.2) is 11.6 Å². The quantitative estimate of drug-likeness (QED) is 0.793. The number of thioether (sulfide) groups is 1. The number of halogens is 1. The van der Waals surface area contributed by atoms with Crippen molar-refractivity contribution < 1.29 is 14.2 Å². The smallest absolute Gasteiger partial charge is 0.351 e. The molecular formula is C12H14FN5O3S. The fraction of sp³-hybridized carbons (Fsp3) is 0.333. The summed E-state index contributed by atoms with van der Waals surface area (Å²) in [5.74, 6) is -0.734. The van der Waals surface area contributed by atoms with E-state index in [9.17, 15) is 9.18 Å². The summed E-state index contributed by atoms with van der Waals surface area (Å²) < 4.78 is 19.5. The van der Waals surface area contributed by atoms with Gasteiger partial charge >= 0.3 is 5.69 Å². The van der Waals surface area contributed by atoms with Gasteiger partial charge in [0.25, 0.3) is 0 Å². The van der Waals surface area contributed by atoms with E-state index in [2.05, 4.69) is 15.0 Å². The highest BCUT2D eigenvalue weighted by atomic mass is 32.2. The molecule has 1 aliphatic heterocycles. The minimum atomic E-state index is -0.763. The molecule has 0 bridgehead atoms. The first-order valence-corrected chi connectivity index (χ1v) is 7.28. The number of rotatable bonds is 2. The summed E-state index contributed by atoms with van der Waals surface area (Å²) in [6, 6.07) is 1.78.